The van der Waals surface area contributed by atoms with Crippen LogP contribution in [0.3, 0.4) is 0 Å². The van der Waals surface area contributed by atoms with Crippen LogP contribution >= 0.6 is 0 Å². The zero-order valence-electron chi connectivity index (χ0n) is 14.1. The Morgan fingerprint density at radius 1 is 1.25 bits per heavy atom. The Labute approximate surface area is 141 Å². The Hall–Kier alpha value is -2.30. The van der Waals surface area contributed by atoms with Gasteiger partial charge in [0, 0.05) is 23.6 Å². The first-order valence-corrected chi connectivity index (χ1v) is 8.49. The van der Waals surface area contributed by atoms with Gasteiger partial charge in [0.15, 0.2) is 6.61 Å². The molecule has 1 aromatic carbocycles. The average molecular weight is 329 g/mol. The first kappa shape index (κ1) is 16.6. The van der Waals surface area contributed by atoms with E-state index in [2.05, 4.69) is 19.2 Å². The van der Waals surface area contributed by atoms with Gasteiger partial charge in [-0.1, -0.05) is 26.7 Å². The molecule has 3 atom stereocenters. The Kier molecular flexibility index (Phi) is 4.88. The highest BCUT2D eigenvalue weighted by molar-refractivity contribution is 5.79. The normalized spacial score (nSPS) is 23.8. The van der Waals surface area contributed by atoms with Crippen LogP contribution in [0.4, 0.5) is 0 Å². The van der Waals surface area contributed by atoms with E-state index in [0.29, 0.717) is 23.2 Å². The van der Waals surface area contributed by atoms with E-state index >= 15 is 0 Å². The molecule has 0 spiro atoms. The smallest absolute Gasteiger partial charge is 0.336 e. The number of nitrogens with one attached hydrogen (secondary N) is 1. The summed E-state index contributed by atoms with van der Waals surface area (Å²) < 4.78 is 10.7. The molecule has 0 bridgehead atoms. The fourth-order valence-electron chi connectivity index (χ4n) is 3.31. The second kappa shape index (κ2) is 7.07. The number of benzene rings is 1. The van der Waals surface area contributed by atoms with Crippen LogP contribution in [0.25, 0.3) is 11.0 Å². The molecule has 24 heavy (non-hydrogen) atoms. The minimum absolute atomic E-state index is 0.0415. The van der Waals surface area contributed by atoms with Gasteiger partial charge in [-0.3, -0.25) is 4.79 Å². The fourth-order valence-corrected chi connectivity index (χ4v) is 3.31. The molecule has 1 N–H and O–H groups in total. The Morgan fingerprint density at radius 3 is 2.88 bits per heavy atom. The van der Waals surface area contributed by atoms with Crippen LogP contribution in [0.5, 0.6) is 5.75 Å². The van der Waals surface area contributed by atoms with Gasteiger partial charge in [-0.05, 0) is 36.5 Å². The Bertz CT molecular complexity index is 782. The maximum Gasteiger partial charge on any atom is 0.336 e. The first-order chi connectivity index (χ1) is 11.5. The molecule has 3 rings (SSSR count). The lowest BCUT2D eigenvalue weighted by atomic mass is 9.78. The van der Waals surface area contributed by atoms with Crippen LogP contribution in [-0.4, -0.2) is 18.6 Å². The quantitative estimate of drug-likeness (QED) is 0.875. The predicted molar refractivity (Wildman–Crippen MR) is 92.1 cm³/mol. The summed E-state index contributed by atoms with van der Waals surface area (Å²) in [6, 6.07) is 8.50. The van der Waals surface area contributed by atoms with Gasteiger partial charge in [-0.15, -0.1) is 0 Å². The standard InChI is InChI=1S/C19H23NO4/c1-12-4-3-5-16(13(12)2)20-18(21)11-23-15-8-6-14-7-9-19(22)24-17(14)10-15/h6-10,12-13,16H,3-5,11H2,1-2H3,(H,20,21). The summed E-state index contributed by atoms with van der Waals surface area (Å²) in [5.74, 6) is 1.51. The van der Waals surface area contributed by atoms with Gasteiger partial charge in [0.1, 0.15) is 11.3 Å². The fraction of sp³-hybridized carbons (Fsp3) is 0.474. The van der Waals surface area contributed by atoms with Crippen molar-refractivity contribution < 1.29 is 13.9 Å². The van der Waals surface area contributed by atoms with Gasteiger partial charge in [0.2, 0.25) is 0 Å². The Morgan fingerprint density at radius 2 is 2.04 bits per heavy atom. The maximum atomic E-state index is 12.1. The summed E-state index contributed by atoms with van der Waals surface area (Å²) in [5, 5.41) is 3.89. The lowest BCUT2D eigenvalue weighted by molar-refractivity contribution is -0.124. The number of fused-ring (bicyclic) bond motifs is 1. The molecule has 0 aliphatic heterocycles. The van der Waals surface area contributed by atoms with Gasteiger partial charge in [-0.2, -0.15) is 0 Å². The molecule has 1 amide bonds. The van der Waals surface area contributed by atoms with Crippen molar-refractivity contribution >= 4 is 16.9 Å². The SMILES string of the molecule is CC1CCCC(NC(=O)COc2ccc3ccc(=O)oc3c2)C1C. The number of ether oxygens (including phenoxy) is 1. The highest BCUT2D eigenvalue weighted by Gasteiger charge is 2.28. The number of carbonyl (C=O) groups excluding carboxylic acids is 1. The molecule has 128 valence electrons. The van der Waals surface area contributed by atoms with Crippen molar-refractivity contribution in [2.24, 2.45) is 11.8 Å². The third-order valence-electron chi connectivity index (χ3n) is 5.02. The van der Waals surface area contributed by atoms with E-state index in [0.717, 1.165) is 18.2 Å². The van der Waals surface area contributed by atoms with Gasteiger partial charge in [0.05, 0.1) is 0 Å². The molecule has 1 aromatic heterocycles. The van der Waals surface area contributed by atoms with Crippen molar-refractivity contribution in [3.8, 4) is 5.75 Å². The summed E-state index contributed by atoms with van der Waals surface area (Å²) in [7, 11) is 0. The average Bonchev–Trinajstić information content (AvgIpc) is 2.57. The molecule has 2 aromatic rings. The van der Waals surface area contributed by atoms with Gasteiger partial charge in [-0.25, -0.2) is 4.79 Å². The molecule has 0 saturated heterocycles. The molecule has 1 heterocycles. The van der Waals surface area contributed by atoms with Crippen LogP contribution in [-0.2, 0) is 4.79 Å². The summed E-state index contributed by atoms with van der Waals surface area (Å²) >= 11 is 0. The van der Waals surface area contributed by atoms with E-state index in [-0.39, 0.29) is 18.6 Å². The molecule has 1 saturated carbocycles. The lowest BCUT2D eigenvalue weighted by Gasteiger charge is -2.34. The third kappa shape index (κ3) is 3.78. The van der Waals surface area contributed by atoms with Crippen LogP contribution in [0, 0.1) is 11.8 Å². The second-order valence-electron chi connectivity index (χ2n) is 6.68. The van der Waals surface area contributed by atoms with E-state index in [1.165, 1.54) is 12.5 Å². The summed E-state index contributed by atoms with van der Waals surface area (Å²) in [5.41, 5.74) is 0.0490. The number of carbonyl (C=O) groups is 1. The van der Waals surface area contributed by atoms with Crippen molar-refractivity contribution in [2.75, 3.05) is 6.61 Å². The first-order valence-electron chi connectivity index (χ1n) is 8.49. The van der Waals surface area contributed by atoms with Crippen LogP contribution in [0.1, 0.15) is 33.1 Å². The molecule has 1 fully saturated rings. The molecule has 3 unspecified atom stereocenters. The largest absolute Gasteiger partial charge is 0.484 e. The zero-order valence-corrected chi connectivity index (χ0v) is 14.1. The zero-order chi connectivity index (χ0) is 17.1. The summed E-state index contributed by atoms with van der Waals surface area (Å²) in [6.45, 7) is 4.39. The van der Waals surface area contributed by atoms with Gasteiger partial charge < -0.3 is 14.5 Å². The van der Waals surface area contributed by atoms with Gasteiger partial charge >= 0.3 is 5.63 Å². The third-order valence-corrected chi connectivity index (χ3v) is 5.02. The summed E-state index contributed by atoms with van der Waals surface area (Å²) in [4.78, 5) is 23.4. The van der Waals surface area contributed by atoms with E-state index in [9.17, 15) is 9.59 Å². The van der Waals surface area contributed by atoms with Crippen LogP contribution in [0.15, 0.2) is 39.5 Å². The minimum atomic E-state index is -0.405. The Balaban J connectivity index is 1.59. The van der Waals surface area contributed by atoms with Crippen LogP contribution < -0.4 is 15.7 Å². The van der Waals surface area contributed by atoms with Crippen molar-refractivity contribution in [3.05, 3.63) is 40.8 Å². The van der Waals surface area contributed by atoms with E-state index in [1.807, 2.05) is 0 Å². The number of amides is 1. The van der Waals surface area contributed by atoms with Crippen molar-refractivity contribution in [1.29, 1.82) is 0 Å². The molecule has 0 radical (unpaired) electrons. The predicted octanol–water partition coefficient (Wildman–Crippen LogP) is 3.11. The second-order valence-corrected chi connectivity index (χ2v) is 6.68. The minimum Gasteiger partial charge on any atom is -0.484 e. The monoisotopic (exact) mass is 329 g/mol. The molecule has 1 aliphatic rings. The molecular formula is C19H23NO4. The van der Waals surface area contributed by atoms with Gasteiger partial charge in [0.25, 0.3) is 5.91 Å². The summed E-state index contributed by atoms with van der Waals surface area (Å²) in [6.07, 6.45) is 3.41. The highest BCUT2D eigenvalue weighted by atomic mass is 16.5. The molecule has 1 aliphatic carbocycles. The molecular weight excluding hydrogens is 306 g/mol. The number of hydrogen-bond donors (Lipinski definition) is 1. The number of rotatable bonds is 4. The van der Waals surface area contributed by atoms with Crippen LogP contribution in [0.2, 0.25) is 0 Å². The highest BCUT2D eigenvalue weighted by Crippen LogP contribution is 2.29. The van der Waals surface area contributed by atoms with E-state index in [4.69, 9.17) is 9.15 Å². The topological polar surface area (TPSA) is 68.5 Å². The van der Waals surface area contributed by atoms with Crippen molar-refractivity contribution in [3.63, 3.8) is 0 Å². The van der Waals surface area contributed by atoms with Crippen molar-refractivity contribution in [2.45, 2.75) is 39.2 Å². The van der Waals surface area contributed by atoms with E-state index in [1.54, 1.807) is 24.3 Å². The van der Waals surface area contributed by atoms with E-state index < -0.39 is 5.63 Å². The maximum absolute atomic E-state index is 12.1. The molecule has 5 heteroatoms. The van der Waals surface area contributed by atoms with Crippen molar-refractivity contribution in [1.82, 2.24) is 5.32 Å². The molecule has 5 nitrogen and oxygen atoms in total. The number of hydrogen-bond acceptors (Lipinski definition) is 4. The lowest BCUT2D eigenvalue weighted by Crippen LogP contribution is -2.45.